The van der Waals surface area contributed by atoms with Crippen LogP contribution >= 0.6 is 0 Å². The van der Waals surface area contributed by atoms with Gasteiger partial charge in [-0.2, -0.15) is 0 Å². The molecule has 0 fully saturated rings. The van der Waals surface area contributed by atoms with Gasteiger partial charge in [0, 0.05) is 18.0 Å². The van der Waals surface area contributed by atoms with E-state index in [0.717, 1.165) is 5.56 Å². The molecule has 2 aromatic rings. The first-order valence-electron chi connectivity index (χ1n) is 6.70. The van der Waals surface area contributed by atoms with Crippen LogP contribution < -0.4 is 0 Å². The van der Waals surface area contributed by atoms with Gasteiger partial charge in [-0.15, -0.1) is 0 Å². The molecular formula is C18H19NO. The number of hydrogen-bond donors (Lipinski definition) is 0. The fourth-order valence-corrected chi connectivity index (χ4v) is 1.88. The Bertz CT molecular complexity index is 604. The molecule has 2 rings (SSSR count). The number of carbonyl (C=O) groups excluding carboxylic acids is 1. The molecular weight excluding hydrogens is 246 g/mol. The lowest BCUT2D eigenvalue weighted by Gasteiger charge is -2.18. The molecule has 0 saturated heterocycles. The van der Waals surface area contributed by atoms with E-state index in [4.69, 9.17) is 0 Å². The Morgan fingerprint density at radius 2 is 1.80 bits per heavy atom. The molecule has 0 atom stereocenters. The van der Waals surface area contributed by atoms with Crippen LogP contribution in [0.4, 0.5) is 0 Å². The molecule has 2 nitrogen and oxygen atoms in total. The average Bonchev–Trinajstić information content (AvgIpc) is 2.45. The second-order valence-electron chi connectivity index (χ2n) is 5.81. The van der Waals surface area contributed by atoms with Crippen molar-refractivity contribution in [2.24, 2.45) is 0 Å². The van der Waals surface area contributed by atoms with E-state index in [1.54, 1.807) is 24.5 Å². The van der Waals surface area contributed by atoms with E-state index in [0.29, 0.717) is 5.56 Å². The molecule has 0 bridgehead atoms. The standard InChI is InChI=1S/C18H19NO/c1-18(2,3)16-9-7-15(8-10-16)17(20)11-6-14-5-4-12-19-13-14/h4-13H,1-3H3. The van der Waals surface area contributed by atoms with Crippen LogP contribution in [-0.4, -0.2) is 10.8 Å². The van der Waals surface area contributed by atoms with Gasteiger partial charge in [0.2, 0.25) is 0 Å². The molecule has 0 radical (unpaired) electrons. The first-order chi connectivity index (χ1) is 9.47. The van der Waals surface area contributed by atoms with Crippen LogP contribution in [0.25, 0.3) is 6.08 Å². The number of carbonyl (C=O) groups is 1. The summed E-state index contributed by atoms with van der Waals surface area (Å²) < 4.78 is 0. The first-order valence-corrected chi connectivity index (χ1v) is 6.70. The Labute approximate surface area is 120 Å². The lowest BCUT2D eigenvalue weighted by Crippen LogP contribution is -2.11. The van der Waals surface area contributed by atoms with Crippen molar-refractivity contribution in [1.29, 1.82) is 0 Å². The van der Waals surface area contributed by atoms with Gasteiger partial charge >= 0.3 is 0 Å². The zero-order valence-electron chi connectivity index (χ0n) is 12.1. The van der Waals surface area contributed by atoms with E-state index in [-0.39, 0.29) is 11.2 Å². The van der Waals surface area contributed by atoms with Gasteiger partial charge in [0.25, 0.3) is 0 Å². The Hall–Kier alpha value is -2.22. The highest BCUT2D eigenvalue weighted by molar-refractivity contribution is 6.06. The molecule has 0 aliphatic carbocycles. The quantitative estimate of drug-likeness (QED) is 0.612. The summed E-state index contributed by atoms with van der Waals surface area (Å²) in [6.45, 7) is 6.48. The molecule has 0 saturated carbocycles. The van der Waals surface area contributed by atoms with Gasteiger partial charge in [-0.25, -0.2) is 0 Å². The Kier molecular flexibility index (Phi) is 4.14. The maximum atomic E-state index is 12.1. The average molecular weight is 265 g/mol. The van der Waals surface area contributed by atoms with Crippen molar-refractivity contribution in [2.75, 3.05) is 0 Å². The fourth-order valence-electron chi connectivity index (χ4n) is 1.88. The molecule has 1 aromatic carbocycles. The van der Waals surface area contributed by atoms with Crippen molar-refractivity contribution in [1.82, 2.24) is 4.98 Å². The predicted octanol–water partition coefficient (Wildman–Crippen LogP) is 4.28. The van der Waals surface area contributed by atoms with E-state index in [1.807, 2.05) is 36.4 Å². The minimum Gasteiger partial charge on any atom is -0.289 e. The van der Waals surface area contributed by atoms with E-state index in [1.165, 1.54) is 5.56 Å². The van der Waals surface area contributed by atoms with Gasteiger partial charge in [-0.05, 0) is 34.8 Å². The van der Waals surface area contributed by atoms with Crippen molar-refractivity contribution in [3.63, 3.8) is 0 Å². The molecule has 1 heterocycles. The largest absolute Gasteiger partial charge is 0.289 e. The highest BCUT2D eigenvalue weighted by Gasteiger charge is 2.13. The Balaban J connectivity index is 2.12. The second-order valence-corrected chi connectivity index (χ2v) is 5.81. The summed E-state index contributed by atoms with van der Waals surface area (Å²) in [5.41, 5.74) is 2.96. The van der Waals surface area contributed by atoms with Crippen LogP contribution in [0.15, 0.2) is 54.9 Å². The predicted molar refractivity (Wildman–Crippen MR) is 82.7 cm³/mol. The molecule has 20 heavy (non-hydrogen) atoms. The lowest BCUT2D eigenvalue weighted by molar-refractivity contribution is 0.104. The third kappa shape index (κ3) is 3.64. The van der Waals surface area contributed by atoms with Crippen LogP contribution in [0.3, 0.4) is 0 Å². The summed E-state index contributed by atoms with van der Waals surface area (Å²) in [6.07, 6.45) is 6.81. The normalized spacial score (nSPS) is 11.8. The smallest absolute Gasteiger partial charge is 0.185 e. The molecule has 2 heteroatoms. The zero-order valence-corrected chi connectivity index (χ0v) is 12.1. The molecule has 0 amide bonds. The van der Waals surface area contributed by atoms with Crippen LogP contribution in [0.5, 0.6) is 0 Å². The van der Waals surface area contributed by atoms with Gasteiger partial charge in [-0.1, -0.05) is 51.1 Å². The number of pyridine rings is 1. The lowest BCUT2D eigenvalue weighted by atomic mass is 9.86. The Morgan fingerprint density at radius 1 is 1.10 bits per heavy atom. The third-order valence-corrected chi connectivity index (χ3v) is 3.15. The summed E-state index contributed by atoms with van der Waals surface area (Å²) in [6, 6.07) is 11.6. The fraction of sp³-hybridized carbons (Fsp3) is 0.222. The van der Waals surface area contributed by atoms with Gasteiger partial charge < -0.3 is 0 Å². The van der Waals surface area contributed by atoms with Crippen LogP contribution in [0.2, 0.25) is 0 Å². The second kappa shape index (κ2) is 5.83. The maximum absolute atomic E-state index is 12.1. The summed E-state index contributed by atoms with van der Waals surface area (Å²) in [5.74, 6) is 0.00862. The van der Waals surface area contributed by atoms with E-state index < -0.39 is 0 Å². The highest BCUT2D eigenvalue weighted by atomic mass is 16.1. The monoisotopic (exact) mass is 265 g/mol. The van der Waals surface area contributed by atoms with Crippen molar-refractivity contribution in [3.05, 3.63) is 71.6 Å². The third-order valence-electron chi connectivity index (χ3n) is 3.15. The number of allylic oxidation sites excluding steroid dienone is 1. The topological polar surface area (TPSA) is 30.0 Å². The molecule has 0 N–H and O–H groups in total. The van der Waals surface area contributed by atoms with Gasteiger partial charge in [0.05, 0.1) is 0 Å². The molecule has 0 aliphatic heterocycles. The van der Waals surface area contributed by atoms with Crippen LogP contribution in [-0.2, 0) is 5.41 Å². The van der Waals surface area contributed by atoms with Gasteiger partial charge in [0.1, 0.15) is 0 Å². The van der Waals surface area contributed by atoms with Gasteiger partial charge in [-0.3, -0.25) is 9.78 Å². The number of hydrogen-bond acceptors (Lipinski definition) is 2. The molecule has 0 spiro atoms. The molecule has 0 unspecified atom stereocenters. The van der Waals surface area contributed by atoms with Gasteiger partial charge in [0.15, 0.2) is 5.78 Å². The summed E-state index contributed by atoms with van der Waals surface area (Å²) in [7, 11) is 0. The summed E-state index contributed by atoms with van der Waals surface area (Å²) >= 11 is 0. The highest BCUT2D eigenvalue weighted by Crippen LogP contribution is 2.22. The molecule has 1 aromatic heterocycles. The molecule has 102 valence electrons. The van der Waals surface area contributed by atoms with Crippen LogP contribution in [0, 0.1) is 0 Å². The minimum absolute atomic E-state index is 0.00862. The number of ketones is 1. The number of benzene rings is 1. The number of nitrogens with zero attached hydrogens (tertiary/aromatic N) is 1. The first kappa shape index (κ1) is 14.2. The Morgan fingerprint density at radius 3 is 2.35 bits per heavy atom. The SMILES string of the molecule is CC(C)(C)c1ccc(C(=O)C=Cc2cccnc2)cc1. The van der Waals surface area contributed by atoms with E-state index >= 15 is 0 Å². The maximum Gasteiger partial charge on any atom is 0.185 e. The number of rotatable bonds is 3. The van der Waals surface area contributed by atoms with Crippen molar-refractivity contribution in [2.45, 2.75) is 26.2 Å². The number of aromatic nitrogens is 1. The summed E-state index contributed by atoms with van der Waals surface area (Å²) in [5, 5.41) is 0. The minimum atomic E-state index is 0.00862. The van der Waals surface area contributed by atoms with Crippen LogP contribution in [0.1, 0.15) is 42.3 Å². The van der Waals surface area contributed by atoms with Crippen molar-refractivity contribution in [3.8, 4) is 0 Å². The summed E-state index contributed by atoms with van der Waals surface area (Å²) in [4.78, 5) is 16.1. The van der Waals surface area contributed by atoms with Crippen molar-refractivity contribution >= 4 is 11.9 Å². The van der Waals surface area contributed by atoms with E-state index in [2.05, 4.69) is 25.8 Å². The molecule has 0 aliphatic rings. The van der Waals surface area contributed by atoms with Crippen molar-refractivity contribution < 1.29 is 4.79 Å². The van der Waals surface area contributed by atoms with E-state index in [9.17, 15) is 4.79 Å². The zero-order chi connectivity index (χ0) is 14.6.